The van der Waals surface area contributed by atoms with Gasteiger partial charge in [0.2, 0.25) is 0 Å². The quantitative estimate of drug-likeness (QED) is 0.167. The van der Waals surface area contributed by atoms with Crippen LogP contribution in [0.1, 0.15) is 49.0 Å². The zero-order valence-electron chi connectivity index (χ0n) is 28.0. The maximum atomic E-state index is 13.8. The van der Waals surface area contributed by atoms with E-state index < -0.39 is 22.4 Å². The molecule has 2 saturated heterocycles. The number of anilines is 2. The van der Waals surface area contributed by atoms with Crippen molar-refractivity contribution in [1.29, 1.82) is 0 Å². The number of alkyl halides is 3. The molecule has 1 aliphatic carbocycles. The highest BCUT2D eigenvalue weighted by atomic mass is 32.2. The second-order valence-corrected chi connectivity index (χ2v) is 16.5. The van der Waals surface area contributed by atoms with Gasteiger partial charge >= 0.3 is 6.18 Å². The predicted octanol–water partition coefficient (Wildman–Crippen LogP) is 6.73. The lowest BCUT2D eigenvalue weighted by Gasteiger charge is -2.49. The van der Waals surface area contributed by atoms with E-state index in [4.69, 9.17) is 14.2 Å². The van der Waals surface area contributed by atoms with Gasteiger partial charge in [-0.3, -0.25) is 0 Å². The fraction of sp³-hybridized carbons (Fsp3) is 0.556. The van der Waals surface area contributed by atoms with Crippen LogP contribution in [0.2, 0.25) is 0 Å². The van der Waals surface area contributed by atoms with Gasteiger partial charge in [-0.1, -0.05) is 24.0 Å². The Hall–Kier alpha value is -3.02. The Bertz CT molecular complexity index is 1780. The summed E-state index contributed by atoms with van der Waals surface area (Å²) in [6.07, 6.45) is 2.37. The molecule has 266 valence electrons. The van der Waals surface area contributed by atoms with Crippen molar-refractivity contribution >= 4 is 42.6 Å². The molecule has 1 saturated carbocycles. The molecule has 1 aromatic heterocycles. The highest BCUT2D eigenvalue weighted by Gasteiger charge is 2.42. The molecular formula is C36H44F3N3O5S2. The molecule has 3 aromatic rings. The first kappa shape index (κ1) is 35.8. The Balaban J connectivity index is 1.14. The standard InChI is InChI=1S/C36H44F3N3O5S2/c1-45-19-20-47-32-21-27(49(2,43)44)12-13-30(32)40-16-4-7-33-29(22-36(37,38)39)28-5-3-6-31(34(28)48-33)41-25-8-10-26(11-9-25)42-17-14-35(15-18-42)23-46-24-35/h3,5-6,12-13,21,25-26,40-41H,8-11,14-20,22-24H2,1-2H3. The van der Waals surface area contributed by atoms with Crippen LogP contribution in [-0.2, 0) is 25.7 Å². The number of rotatable bonds is 11. The van der Waals surface area contributed by atoms with Crippen molar-refractivity contribution in [3.63, 3.8) is 0 Å². The van der Waals surface area contributed by atoms with Crippen molar-refractivity contribution in [1.82, 2.24) is 4.90 Å². The van der Waals surface area contributed by atoms with E-state index in [0.29, 0.717) is 39.8 Å². The van der Waals surface area contributed by atoms with Gasteiger partial charge in [-0.05, 0) is 80.8 Å². The number of nitrogens with zero attached hydrogens (tertiary/aromatic N) is 1. The third-order valence-corrected chi connectivity index (χ3v) is 12.2. The summed E-state index contributed by atoms with van der Waals surface area (Å²) >= 11 is 1.29. The number of piperidine rings is 1. The van der Waals surface area contributed by atoms with Gasteiger partial charge in [-0.2, -0.15) is 13.2 Å². The first-order valence-corrected chi connectivity index (χ1v) is 19.5. The van der Waals surface area contributed by atoms with Crippen molar-refractivity contribution in [2.45, 2.75) is 68.1 Å². The van der Waals surface area contributed by atoms with Crippen molar-refractivity contribution in [2.24, 2.45) is 5.41 Å². The van der Waals surface area contributed by atoms with E-state index in [0.717, 1.165) is 68.6 Å². The number of ether oxygens (including phenoxy) is 3. The van der Waals surface area contributed by atoms with Gasteiger partial charge in [-0.25, -0.2) is 8.42 Å². The van der Waals surface area contributed by atoms with Crippen LogP contribution in [-0.4, -0.2) is 91.0 Å². The molecule has 2 aromatic carbocycles. The zero-order valence-corrected chi connectivity index (χ0v) is 29.6. The van der Waals surface area contributed by atoms with Gasteiger partial charge in [-0.15, -0.1) is 11.3 Å². The number of methoxy groups -OCH3 is 1. The normalized spacial score (nSPS) is 21.2. The second kappa shape index (κ2) is 15.1. The molecule has 0 unspecified atom stereocenters. The van der Waals surface area contributed by atoms with Crippen molar-refractivity contribution in [3.8, 4) is 17.6 Å². The SMILES string of the molecule is COCCOc1cc(S(C)(=O)=O)ccc1NCC#Cc1sc2c(NC3CCC(N4CCC5(CC4)COC5)CC3)cccc2c1CC(F)(F)F. The number of sulfone groups is 1. The van der Waals surface area contributed by atoms with E-state index in [1.54, 1.807) is 12.1 Å². The molecule has 0 bridgehead atoms. The van der Waals surface area contributed by atoms with Crippen LogP contribution in [0.4, 0.5) is 24.5 Å². The highest BCUT2D eigenvalue weighted by molar-refractivity contribution is 7.90. The monoisotopic (exact) mass is 719 g/mol. The molecule has 3 heterocycles. The summed E-state index contributed by atoms with van der Waals surface area (Å²) in [7, 11) is -1.92. The lowest BCUT2D eigenvalue weighted by Crippen LogP contribution is -2.53. The van der Waals surface area contributed by atoms with Crippen LogP contribution >= 0.6 is 11.3 Å². The van der Waals surface area contributed by atoms with Gasteiger partial charge in [0.05, 0.1) is 58.6 Å². The molecule has 0 atom stereocenters. The fourth-order valence-electron chi connectivity index (χ4n) is 7.11. The number of hydrogen-bond acceptors (Lipinski definition) is 9. The molecule has 2 aliphatic heterocycles. The predicted molar refractivity (Wildman–Crippen MR) is 188 cm³/mol. The van der Waals surface area contributed by atoms with Crippen molar-refractivity contribution < 1.29 is 35.8 Å². The minimum atomic E-state index is -4.39. The fourth-order valence-corrected chi connectivity index (χ4v) is 8.91. The van der Waals surface area contributed by atoms with Crippen molar-refractivity contribution in [3.05, 3.63) is 46.8 Å². The number of likely N-dealkylation sites (tertiary alicyclic amines) is 1. The maximum Gasteiger partial charge on any atom is 0.393 e. The third kappa shape index (κ3) is 8.83. The van der Waals surface area contributed by atoms with Crippen LogP contribution in [0.15, 0.2) is 41.3 Å². The van der Waals surface area contributed by atoms with Crippen LogP contribution in [0.5, 0.6) is 5.75 Å². The Kier molecular flexibility index (Phi) is 11.0. The van der Waals surface area contributed by atoms with E-state index in [-0.39, 0.29) is 29.7 Å². The topological polar surface area (TPSA) is 89.1 Å². The summed E-state index contributed by atoms with van der Waals surface area (Å²) in [4.78, 5) is 3.15. The summed E-state index contributed by atoms with van der Waals surface area (Å²) in [5.74, 6) is 6.29. The third-order valence-electron chi connectivity index (χ3n) is 9.94. The number of benzene rings is 2. The van der Waals surface area contributed by atoms with E-state index in [1.807, 2.05) is 12.1 Å². The summed E-state index contributed by atoms with van der Waals surface area (Å²) in [5, 5.41) is 7.38. The van der Waals surface area contributed by atoms with E-state index >= 15 is 0 Å². The molecule has 2 N–H and O–H groups in total. The average Bonchev–Trinajstić information content (AvgIpc) is 3.39. The second-order valence-electron chi connectivity index (χ2n) is 13.5. The smallest absolute Gasteiger partial charge is 0.393 e. The zero-order chi connectivity index (χ0) is 34.6. The minimum absolute atomic E-state index is 0.107. The number of thiophene rings is 1. The Labute approximate surface area is 290 Å². The summed E-state index contributed by atoms with van der Waals surface area (Å²) in [5.41, 5.74) is 1.99. The first-order chi connectivity index (χ1) is 23.4. The number of nitrogens with one attached hydrogen (secondary N) is 2. The van der Waals surface area contributed by atoms with E-state index in [2.05, 4.69) is 27.4 Å². The molecule has 1 spiro atoms. The van der Waals surface area contributed by atoms with E-state index in [1.165, 1.54) is 43.4 Å². The molecule has 0 radical (unpaired) electrons. The van der Waals surface area contributed by atoms with Crippen LogP contribution in [0.3, 0.4) is 0 Å². The molecular weight excluding hydrogens is 676 g/mol. The van der Waals surface area contributed by atoms with Gasteiger partial charge in [0.15, 0.2) is 9.84 Å². The lowest BCUT2D eigenvalue weighted by molar-refractivity contribution is -0.143. The molecule has 6 rings (SSSR count). The molecule has 13 heteroatoms. The number of halogens is 3. The lowest BCUT2D eigenvalue weighted by atomic mass is 9.76. The molecule has 49 heavy (non-hydrogen) atoms. The summed E-state index contributed by atoms with van der Waals surface area (Å²) in [6.45, 7) is 4.73. The highest BCUT2D eigenvalue weighted by Crippen LogP contribution is 2.42. The van der Waals surface area contributed by atoms with Crippen molar-refractivity contribution in [2.75, 3.05) is 70.1 Å². The van der Waals surface area contributed by atoms with Crippen LogP contribution in [0, 0.1) is 17.3 Å². The van der Waals surface area contributed by atoms with Gasteiger partial charge in [0, 0.05) is 36.9 Å². The molecule has 3 aliphatic rings. The Morgan fingerprint density at radius 3 is 2.47 bits per heavy atom. The molecule has 3 fully saturated rings. The van der Waals surface area contributed by atoms with Gasteiger partial charge < -0.3 is 29.7 Å². The number of fused-ring (bicyclic) bond motifs is 1. The Morgan fingerprint density at radius 1 is 1.06 bits per heavy atom. The average molecular weight is 720 g/mol. The summed E-state index contributed by atoms with van der Waals surface area (Å²) < 4.78 is 82.6. The molecule has 0 amide bonds. The van der Waals surface area contributed by atoms with E-state index in [9.17, 15) is 21.6 Å². The van der Waals surface area contributed by atoms with Crippen LogP contribution in [0.25, 0.3) is 10.1 Å². The van der Waals surface area contributed by atoms with Gasteiger partial charge in [0.25, 0.3) is 0 Å². The largest absolute Gasteiger partial charge is 0.489 e. The summed E-state index contributed by atoms with van der Waals surface area (Å²) in [6, 6.07) is 10.9. The Morgan fingerprint density at radius 2 is 1.82 bits per heavy atom. The number of hydrogen-bond donors (Lipinski definition) is 2. The molecule has 8 nitrogen and oxygen atoms in total. The van der Waals surface area contributed by atoms with Crippen LogP contribution < -0.4 is 15.4 Å². The van der Waals surface area contributed by atoms with Gasteiger partial charge in [0.1, 0.15) is 12.4 Å². The maximum absolute atomic E-state index is 13.8. The first-order valence-electron chi connectivity index (χ1n) is 16.8. The minimum Gasteiger partial charge on any atom is -0.489 e.